The second-order valence-corrected chi connectivity index (χ2v) is 5.65. The number of halogens is 2. The first-order chi connectivity index (χ1) is 10.1. The number of benzene rings is 1. The molecule has 1 N–H and O–H groups in total. The van der Waals surface area contributed by atoms with Gasteiger partial charge in [-0.05, 0) is 48.9 Å². The summed E-state index contributed by atoms with van der Waals surface area (Å²) >= 11 is 0. The molecule has 0 radical (unpaired) electrons. The molecule has 0 saturated carbocycles. The fourth-order valence-electron chi connectivity index (χ4n) is 2.76. The molecule has 0 aliphatic carbocycles. The number of rotatable bonds is 3. The van der Waals surface area contributed by atoms with Crippen molar-refractivity contribution in [3.05, 3.63) is 35.4 Å². The third-order valence-electron chi connectivity index (χ3n) is 3.85. The van der Waals surface area contributed by atoms with E-state index in [1.54, 1.807) is 7.05 Å². The lowest BCUT2D eigenvalue weighted by Gasteiger charge is -2.33. The number of hydrogen-bond acceptors (Lipinski definition) is 1. The topological polar surface area (TPSA) is 27.6 Å². The van der Waals surface area contributed by atoms with Gasteiger partial charge in [0.1, 0.15) is 11.6 Å². The minimum atomic E-state index is -0.402. The Morgan fingerprint density at radius 1 is 1.43 bits per heavy atom. The van der Waals surface area contributed by atoms with E-state index in [4.69, 9.17) is 0 Å². The first kappa shape index (κ1) is 15.7. The summed E-state index contributed by atoms with van der Waals surface area (Å²) in [7, 11) is 1.75. The first-order valence-corrected chi connectivity index (χ1v) is 7.49. The Balaban J connectivity index is 1.87. The lowest BCUT2D eigenvalue weighted by Crippen LogP contribution is -2.46. The van der Waals surface area contributed by atoms with Crippen molar-refractivity contribution in [2.24, 2.45) is 10.9 Å². The maximum atomic E-state index is 13.5. The average molecular weight is 295 g/mol. The van der Waals surface area contributed by atoms with Crippen molar-refractivity contribution in [1.29, 1.82) is 0 Å². The van der Waals surface area contributed by atoms with Crippen LogP contribution in [-0.2, 0) is 6.42 Å². The third kappa shape index (κ3) is 4.41. The molecule has 1 aromatic rings. The SMILES string of the molecule is CN=C(NCCc1cc(F)ccc1F)N1CCCC(C)C1. The Morgan fingerprint density at radius 2 is 2.24 bits per heavy atom. The van der Waals surface area contributed by atoms with Gasteiger partial charge in [-0.15, -0.1) is 0 Å². The van der Waals surface area contributed by atoms with E-state index in [-0.39, 0.29) is 5.82 Å². The minimum absolute atomic E-state index is 0.361. The van der Waals surface area contributed by atoms with Gasteiger partial charge in [0, 0.05) is 26.7 Å². The monoisotopic (exact) mass is 295 g/mol. The average Bonchev–Trinajstić information content (AvgIpc) is 2.47. The first-order valence-electron chi connectivity index (χ1n) is 7.49. The fraction of sp³-hybridized carbons (Fsp3) is 0.562. The van der Waals surface area contributed by atoms with Crippen LogP contribution >= 0.6 is 0 Å². The van der Waals surface area contributed by atoms with Gasteiger partial charge < -0.3 is 10.2 Å². The lowest BCUT2D eigenvalue weighted by molar-refractivity contribution is 0.266. The third-order valence-corrected chi connectivity index (χ3v) is 3.85. The van der Waals surface area contributed by atoms with Crippen LogP contribution in [0.3, 0.4) is 0 Å². The summed E-state index contributed by atoms with van der Waals surface area (Å²) in [5, 5.41) is 3.24. The highest BCUT2D eigenvalue weighted by molar-refractivity contribution is 5.79. The molecule has 116 valence electrons. The van der Waals surface area contributed by atoms with Crippen LogP contribution in [0.15, 0.2) is 23.2 Å². The van der Waals surface area contributed by atoms with Crippen LogP contribution in [0, 0.1) is 17.6 Å². The number of nitrogens with zero attached hydrogens (tertiary/aromatic N) is 2. The Kier molecular flexibility index (Phi) is 5.53. The van der Waals surface area contributed by atoms with Crippen LogP contribution in [0.4, 0.5) is 8.78 Å². The van der Waals surface area contributed by atoms with Crippen LogP contribution in [-0.4, -0.2) is 37.5 Å². The van der Waals surface area contributed by atoms with E-state index in [2.05, 4.69) is 22.1 Å². The molecule has 0 bridgehead atoms. The number of guanidine groups is 1. The Labute approximate surface area is 125 Å². The van der Waals surface area contributed by atoms with Crippen molar-refractivity contribution in [2.45, 2.75) is 26.2 Å². The number of hydrogen-bond donors (Lipinski definition) is 1. The summed E-state index contributed by atoms with van der Waals surface area (Å²) in [6.45, 7) is 4.77. The molecule has 1 heterocycles. The van der Waals surface area contributed by atoms with Gasteiger partial charge in [-0.3, -0.25) is 4.99 Å². The molecular weight excluding hydrogens is 272 g/mol. The zero-order valence-corrected chi connectivity index (χ0v) is 12.7. The van der Waals surface area contributed by atoms with Crippen molar-refractivity contribution >= 4 is 5.96 Å². The summed E-state index contributed by atoms with van der Waals surface area (Å²) in [5.74, 6) is 0.747. The molecule has 0 aromatic heterocycles. The summed E-state index contributed by atoms with van der Waals surface area (Å²) in [6.07, 6.45) is 2.86. The van der Waals surface area contributed by atoms with Crippen molar-refractivity contribution in [3.8, 4) is 0 Å². The number of likely N-dealkylation sites (tertiary alicyclic amines) is 1. The van der Waals surface area contributed by atoms with Gasteiger partial charge in [-0.1, -0.05) is 6.92 Å². The Bertz CT molecular complexity index is 502. The van der Waals surface area contributed by atoms with Gasteiger partial charge in [0.05, 0.1) is 0 Å². The van der Waals surface area contributed by atoms with Gasteiger partial charge in [0.2, 0.25) is 0 Å². The molecule has 2 rings (SSSR count). The van der Waals surface area contributed by atoms with Crippen LogP contribution in [0.5, 0.6) is 0 Å². The summed E-state index contributed by atoms with van der Waals surface area (Å²) in [4.78, 5) is 6.51. The second-order valence-electron chi connectivity index (χ2n) is 5.65. The predicted octanol–water partition coefficient (Wildman–Crippen LogP) is 2.81. The van der Waals surface area contributed by atoms with E-state index in [1.165, 1.54) is 25.0 Å². The maximum absolute atomic E-state index is 13.5. The Hall–Kier alpha value is -1.65. The highest BCUT2D eigenvalue weighted by Crippen LogP contribution is 2.15. The lowest BCUT2D eigenvalue weighted by atomic mass is 10.0. The molecule has 21 heavy (non-hydrogen) atoms. The van der Waals surface area contributed by atoms with Crippen molar-refractivity contribution in [3.63, 3.8) is 0 Å². The minimum Gasteiger partial charge on any atom is -0.356 e. The summed E-state index contributed by atoms with van der Waals surface area (Å²) < 4.78 is 26.7. The molecule has 3 nitrogen and oxygen atoms in total. The van der Waals surface area contributed by atoms with E-state index in [0.29, 0.717) is 24.4 Å². The van der Waals surface area contributed by atoms with Gasteiger partial charge >= 0.3 is 0 Å². The van der Waals surface area contributed by atoms with Gasteiger partial charge in [0.25, 0.3) is 0 Å². The summed E-state index contributed by atoms with van der Waals surface area (Å²) in [5.41, 5.74) is 0.393. The van der Waals surface area contributed by atoms with E-state index < -0.39 is 5.82 Å². The highest BCUT2D eigenvalue weighted by Gasteiger charge is 2.18. The van der Waals surface area contributed by atoms with Gasteiger partial charge in [0.15, 0.2) is 5.96 Å². The molecule has 1 aliphatic rings. The van der Waals surface area contributed by atoms with E-state index >= 15 is 0 Å². The van der Waals surface area contributed by atoms with Crippen molar-refractivity contribution in [2.75, 3.05) is 26.7 Å². The second kappa shape index (κ2) is 7.38. The van der Waals surface area contributed by atoms with E-state index in [9.17, 15) is 8.78 Å². The zero-order chi connectivity index (χ0) is 15.2. The van der Waals surface area contributed by atoms with Crippen LogP contribution in [0.1, 0.15) is 25.3 Å². The van der Waals surface area contributed by atoms with Gasteiger partial charge in [-0.25, -0.2) is 8.78 Å². The molecule has 1 unspecified atom stereocenters. The van der Waals surface area contributed by atoms with E-state index in [0.717, 1.165) is 25.1 Å². The molecule has 0 amide bonds. The van der Waals surface area contributed by atoms with Crippen LogP contribution in [0.2, 0.25) is 0 Å². The summed E-state index contributed by atoms with van der Waals surface area (Å²) in [6, 6.07) is 3.56. The van der Waals surface area contributed by atoms with Crippen molar-refractivity contribution < 1.29 is 8.78 Å². The van der Waals surface area contributed by atoms with Crippen LogP contribution in [0.25, 0.3) is 0 Å². The maximum Gasteiger partial charge on any atom is 0.193 e. The Morgan fingerprint density at radius 3 is 2.95 bits per heavy atom. The number of aliphatic imine (C=N–C) groups is 1. The molecule has 1 aliphatic heterocycles. The largest absolute Gasteiger partial charge is 0.356 e. The van der Waals surface area contributed by atoms with E-state index in [1.807, 2.05) is 0 Å². The van der Waals surface area contributed by atoms with Crippen LogP contribution < -0.4 is 5.32 Å². The smallest absolute Gasteiger partial charge is 0.193 e. The molecule has 1 aromatic carbocycles. The molecular formula is C16H23F2N3. The normalized spacial score (nSPS) is 19.7. The number of piperidine rings is 1. The molecule has 1 fully saturated rings. The van der Waals surface area contributed by atoms with Gasteiger partial charge in [-0.2, -0.15) is 0 Å². The van der Waals surface area contributed by atoms with Crippen molar-refractivity contribution in [1.82, 2.24) is 10.2 Å². The highest BCUT2D eigenvalue weighted by atomic mass is 19.1. The molecule has 0 spiro atoms. The quantitative estimate of drug-likeness (QED) is 0.686. The standard InChI is InChI=1S/C16H23F2N3/c1-12-4-3-9-21(11-12)16(19-2)20-8-7-13-10-14(17)5-6-15(13)18/h5-6,10,12H,3-4,7-9,11H2,1-2H3,(H,19,20). The zero-order valence-electron chi connectivity index (χ0n) is 12.7. The molecule has 1 atom stereocenters. The number of nitrogens with one attached hydrogen (secondary N) is 1. The molecule has 5 heteroatoms. The molecule has 1 saturated heterocycles. The predicted molar refractivity (Wildman–Crippen MR) is 81.4 cm³/mol. The fourth-order valence-corrected chi connectivity index (χ4v) is 2.76.